The number of rotatable bonds is 4. The number of benzene rings is 4. The van der Waals surface area contributed by atoms with Gasteiger partial charge in [-0.25, -0.2) is 9.69 Å². The summed E-state index contributed by atoms with van der Waals surface area (Å²) in [6.45, 7) is 0. The zero-order valence-corrected chi connectivity index (χ0v) is 17.3. The highest BCUT2D eigenvalue weighted by Crippen LogP contribution is 2.37. The molecule has 1 aliphatic heterocycles. The van der Waals surface area contributed by atoms with Crippen LogP contribution in [0.4, 0.5) is 17.1 Å². The Kier molecular flexibility index (Phi) is 4.64. The van der Waals surface area contributed by atoms with E-state index in [0.29, 0.717) is 38.6 Å². The molecule has 1 aliphatic rings. The molecule has 0 aromatic heterocycles. The number of amides is 2. The third-order valence-electron chi connectivity index (χ3n) is 5.38. The van der Waals surface area contributed by atoms with E-state index >= 15 is 0 Å². The van der Waals surface area contributed by atoms with Crippen LogP contribution in [-0.2, 0) is 0 Å². The van der Waals surface area contributed by atoms with Gasteiger partial charge in [0.25, 0.3) is 11.8 Å². The third-order valence-corrected chi connectivity index (χ3v) is 5.62. The first-order valence-corrected chi connectivity index (χ1v) is 10.1. The summed E-state index contributed by atoms with van der Waals surface area (Å²) in [6.07, 6.45) is 0. The van der Waals surface area contributed by atoms with E-state index in [1.165, 1.54) is 12.1 Å². The molecule has 32 heavy (non-hydrogen) atoms. The molecular weight excluding hydrogens is 428 g/mol. The Balaban J connectivity index is 1.60. The van der Waals surface area contributed by atoms with Gasteiger partial charge in [0.2, 0.25) is 0 Å². The van der Waals surface area contributed by atoms with Crippen molar-refractivity contribution in [3.8, 4) is 0 Å². The average molecular weight is 443 g/mol. The van der Waals surface area contributed by atoms with Gasteiger partial charge in [-0.05, 0) is 60.7 Å². The monoisotopic (exact) mass is 442 g/mol. The fourth-order valence-corrected chi connectivity index (χ4v) is 4.09. The van der Waals surface area contributed by atoms with Gasteiger partial charge in [-0.3, -0.25) is 9.59 Å². The normalized spacial score (nSPS) is 12.8. The topological polar surface area (TPSA) is 86.7 Å². The van der Waals surface area contributed by atoms with Crippen LogP contribution in [-0.4, -0.2) is 22.9 Å². The van der Waals surface area contributed by atoms with Crippen LogP contribution in [0.15, 0.2) is 78.9 Å². The first-order valence-electron chi connectivity index (χ1n) is 9.74. The van der Waals surface area contributed by atoms with Crippen molar-refractivity contribution in [2.75, 3.05) is 10.2 Å². The number of imide groups is 1. The van der Waals surface area contributed by atoms with Gasteiger partial charge in [-0.15, -0.1) is 0 Å². The standard InChI is InChI=1S/C25H15ClN2O4/c26-15-3-1-4-17(13-15)28-23(29)19-6-2-5-18-21(12-11-20(22(18)19)24(28)30)27-16-9-7-14(8-10-16)25(31)32/h1-13,27H,(H,31,32). The Morgan fingerprint density at radius 1 is 0.844 bits per heavy atom. The second kappa shape index (κ2) is 7.51. The molecule has 4 aromatic carbocycles. The number of carboxylic acids is 1. The SMILES string of the molecule is O=C(O)c1ccc(Nc2ccc3c4c(cccc24)C(=O)N(c2cccc(Cl)c2)C3=O)cc1. The van der Waals surface area contributed by atoms with Crippen LogP contribution in [0, 0.1) is 0 Å². The molecule has 6 nitrogen and oxygen atoms in total. The predicted molar refractivity (Wildman–Crippen MR) is 123 cm³/mol. The molecule has 0 atom stereocenters. The maximum Gasteiger partial charge on any atom is 0.335 e. The van der Waals surface area contributed by atoms with Gasteiger partial charge in [0, 0.05) is 38.3 Å². The third kappa shape index (κ3) is 3.18. The first kappa shape index (κ1) is 19.8. The molecular formula is C25H15ClN2O4. The number of halogens is 1. The maximum atomic E-state index is 13.3. The number of hydrogen-bond donors (Lipinski definition) is 2. The van der Waals surface area contributed by atoms with Gasteiger partial charge < -0.3 is 10.4 Å². The molecule has 4 aromatic rings. The summed E-state index contributed by atoms with van der Waals surface area (Å²) in [5, 5.41) is 14.0. The minimum Gasteiger partial charge on any atom is -0.478 e. The lowest BCUT2D eigenvalue weighted by Crippen LogP contribution is -2.40. The lowest BCUT2D eigenvalue weighted by atomic mass is 9.92. The lowest BCUT2D eigenvalue weighted by Gasteiger charge is -2.28. The molecule has 0 unspecified atom stereocenters. The number of aromatic carboxylic acids is 1. The van der Waals surface area contributed by atoms with Gasteiger partial charge in [0.1, 0.15) is 0 Å². The van der Waals surface area contributed by atoms with E-state index in [0.717, 1.165) is 10.3 Å². The lowest BCUT2D eigenvalue weighted by molar-refractivity contribution is 0.0696. The molecule has 0 aliphatic carbocycles. The van der Waals surface area contributed by atoms with Crippen LogP contribution in [0.5, 0.6) is 0 Å². The number of nitrogens with zero attached hydrogens (tertiary/aromatic N) is 1. The number of nitrogens with one attached hydrogen (secondary N) is 1. The Bertz CT molecular complexity index is 1410. The van der Waals surface area contributed by atoms with E-state index in [9.17, 15) is 14.4 Å². The van der Waals surface area contributed by atoms with Crippen molar-refractivity contribution in [2.45, 2.75) is 0 Å². The predicted octanol–water partition coefficient (Wildman–Crippen LogP) is 5.74. The van der Waals surface area contributed by atoms with Crippen molar-refractivity contribution < 1.29 is 19.5 Å². The van der Waals surface area contributed by atoms with Crippen molar-refractivity contribution in [1.29, 1.82) is 0 Å². The molecule has 156 valence electrons. The van der Waals surface area contributed by atoms with Crippen molar-refractivity contribution in [3.05, 3.63) is 101 Å². The number of carbonyl (C=O) groups is 3. The number of hydrogen-bond acceptors (Lipinski definition) is 4. The minimum atomic E-state index is -1.00. The van der Waals surface area contributed by atoms with Crippen molar-refractivity contribution in [3.63, 3.8) is 0 Å². The van der Waals surface area contributed by atoms with Crippen LogP contribution in [0.3, 0.4) is 0 Å². The Morgan fingerprint density at radius 2 is 1.53 bits per heavy atom. The molecule has 2 amide bonds. The van der Waals surface area contributed by atoms with Gasteiger partial charge >= 0.3 is 5.97 Å². The van der Waals surface area contributed by atoms with Gasteiger partial charge in [0.05, 0.1) is 11.3 Å². The second-order valence-electron chi connectivity index (χ2n) is 7.32. The molecule has 5 rings (SSSR count). The molecule has 2 N–H and O–H groups in total. The molecule has 0 fully saturated rings. The summed E-state index contributed by atoms with van der Waals surface area (Å²) in [5.74, 6) is -1.84. The summed E-state index contributed by atoms with van der Waals surface area (Å²) in [6, 6.07) is 21.7. The maximum absolute atomic E-state index is 13.3. The van der Waals surface area contributed by atoms with Crippen molar-refractivity contribution >= 4 is 57.2 Å². The van der Waals surface area contributed by atoms with Gasteiger partial charge in [0.15, 0.2) is 0 Å². The Labute approximate surface area is 187 Å². The van der Waals surface area contributed by atoms with E-state index in [1.54, 1.807) is 60.7 Å². The number of anilines is 3. The summed E-state index contributed by atoms with van der Waals surface area (Å²) in [4.78, 5) is 38.8. The second-order valence-corrected chi connectivity index (χ2v) is 7.76. The zero-order valence-electron chi connectivity index (χ0n) is 16.5. The molecule has 0 saturated heterocycles. The van der Waals surface area contributed by atoms with E-state index in [1.807, 2.05) is 6.07 Å². The van der Waals surface area contributed by atoms with Crippen LogP contribution >= 0.6 is 11.6 Å². The highest BCUT2D eigenvalue weighted by Gasteiger charge is 2.34. The Hall–Kier alpha value is -4.16. The smallest absolute Gasteiger partial charge is 0.335 e. The molecule has 0 saturated carbocycles. The molecule has 0 spiro atoms. The summed E-state index contributed by atoms with van der Waals surface area (Å²) in [5.41, 5.74) is 2.82. The highest BCUT2D eigenvalue weighted by molar-refractivity contribution is 6.37. The van der Waals surface area contributed by atoms with Gasteiger partial charge in [-0.1, -0.05) is 29.8 Å². The molecule has 0 radical (unpaired) electrons. The van der Waals surface area contributed by atoms with E-state index < -0.39 is 17.8 Å². The van der Waals surface area contributed by atoms with Crippen LogP contribution < -0.4 is 10.2 Å². The Morgan fingerprint density at radius 3 is 2.22 bits per heavy atom. The van der Waals surface area contributed by atoms with Crippen molar-refractivity contribution in [1.82, 2.24) is 0 Å². The summed E-state index contributed by atoms with van der Waals surface area (Å²) >= 11 is 6.08. The molecule has 1 heterocycles. The van der Waals surface area contributed by atoms with E-state index in [4.69, 9.17) is 16.7 Å². The van der Waals surface area contributed by atoms with Crippen molar-refractivity contribution in [2.24, 2.45) is 0 Å². The fourth-order valence-electron chi connectivity index (χ4n) is 3.91. The molecule has 0 bridgehead atoms. The van der Waals surface area contributed by atoms with Crippen LogP contribution in [0.1, 0.15) is 31.1 Å². The van der Waals surface area contributed by atoms with Crippen LogP contribution in [0.25, 0.3) is 10.8 Å². The highest BCUT2D eigenvalue weighted by atomic mass is 35.5. The number of carbonyl (C=O) groups excluding carboxylic acids is 2. The van der Waals surface area contributed by atoms with Gasteiger partial charge in [-0.2, -0.15) is 0 Å². The quantitative estimate of drug-likeness (QED) is 0.394. The number of carboxylic acid groups (broad SMARTS) is 1. The summed E-state index contributed by atoms with van der Waals surface area (Å²) in [7, 11) is 0. The van der Waals surface area contributed by atoms with E-state index in [2.05, 4.69) is 5.32 Å². The summed E-state index contributed by atoms with van der Waals surface area (Å²) < 4.78 is 0. The zero-order chi connectivity index (χ0) is 22.4. The molecule has 7 heteroatoms. The first-order chi connectivity index (χ1) is 15.4. The van der Waals surface area contributed by atoms with Crippen LogP contribution in [0.2, 0.25) is 5.02 Å². The largest absolute Gasteiger partial charge is 0.478 e. The fraction of sp³-hybridized carbons (Fsp3) is 0. The minimum absolute atomic E-state index is 0.185. The average Bonchev–Trinajstić information content (AvgIpc) is 2.78. The van der Waals surface area contributed by atoms with E-state index in [-0.39, 0.29) is 5.56 Å².